The molecule has 2 aliphatic heterocycles. The maximum atomic E-state index is 13.4. The molecule has 1 fully saturated rings. The average Bonchev–Trinajstić information content (AvgIpc) is 3.20. The second-order valence-electron chi connectivity index (χ2n) is 9.25. The monoisotopic (exact) mass is 574 g/mol. The van der Waals surface area contributed by atoms with Gasteiger partial charge in [-0.15, -0.1) is 0 Å². The zero-order valence-electron chi connectivity index (χ0n) is 19.7. The highest BCUT2D eigenvalue weighted by Crippen LogP contribution is 2.51. The lowest BCUT2D eigenvalue weighted by molar-refractivity contribution is -0.141. The second kappa shape index (κ2) is 11.0. The van der Waals surface area contributed by atoms with E-state index in [0.29, 0.717) is 13.0 Å². The third-order valence-corrected chi connectivity index (χ3v) is 7.46. The molecule has 0 saturated carbocycles. The SMILES string of the molecule is CC(=O)CC(=O)N1c2ccc(I)cc2[C@@H]2[C@@H](CCN2Cc2ccccc2)[C@@H]1CCCOC(C)=O. The molecule has 4 rings (SSSR count). The summed E-state index contributed by atoms with van der Waals surface area (Å²) in [6, 6.07) is 16.9. The van der Waals surface area contributed by atoms with Crippen LogP contribution in [-0.4, -0.2) is 41.8 Å². The Morgan fingerprint density at radius 2 is 1.85 bits per heavy atom. The molecule has 0 aromatic heterocycles. The van der Waals surface area contributed by atoms with Crippen molar-refractivity contribution < 1.29 is 19.1 Å². The van der Waals surface area contributed by atoms with Gasteiger partial charge in [0.25, 0.3) is 0 Å². The molecule has 0 unspecified atom stereocenters. The zero-order chi connectivity index (χ0) is 24.2. The van der Waals surface area contributed by atoms with Crippen molar-refractivity contribution in [1.82, 2.24) is 4.90 Å². The summed E-state index contributed by atoms with van der Waals surface area (Å²) in [7, 11) is 0. The number of esters is 1. The molecule has 2 aromatic carbocycles. The first-order valence-corrected chi connectivity index (χ1v) is 13.0. The molecule has 34 heavy (non-hydrogen) atoms. The van der Waals surface area contributed by atoms with Gasteiger partial charge in [0, 0.05) is 40.7 Å². The molecule has 1 amide bonds. The molecule has 2 heterocycles. The third kappa shape index (κ3) is 5.51. The van der Waals surface area contributed by atoms with E-state index in [9.17, 15) is 14.4 Å². The Morgan fingerprint density at radius 1 is 1.09 bits per heavy atom. The van der Waals surface area contributed by atoms with Gasteiger partial charge < -0.3 is 9.64 Å². The van der Waals surface area contributed by atoms with Crippen LogP contribution < -0.4 is 4.90 Å². The summed E-state index contributed by atoms with van der Waals surface area (Å²) in [5.41, 5.74) is 3.35. The normalized spacial score (nSPS) is 21.6. The lowest BCUT2D eigenvalue weighted by atomic mass is 9.79. The first-order chi connectivity index (χ1) is 16.3. The third-order valence-electron chi connectivity index (χ3n) is 6.79. The predicted molar refractivity (Wildman–Crippen MR) is 139 cm³/mol. The largest absolute Gasteiger partial charge is 0.466 e. The van der Waals surface area contributed by atoms with Crippen molar-refractivity contribution in [1.29, 1.82) is 0 Å². The number of hydrogen-bond acceptors (Lipinski definition) is 5. The van der Waals surface area contributed by atoms with Gasteiger partial charge in [-0.2, -0.15) is 0 Å². The van der Waals surface area contributed by atoms with E-state index in [4.69, 9.17) is 4.74 Å². The maximum absolute atomic E-state index is 13.4. The molecule has 0 N–H and O–H groups in total. The number of benzene rings is 2. The Bertz CT molecular complexity index is 1060. The molecular formula is C27H31IN2O4. The smallest absolute Gasteiger partial charge is 0.302 e. The van der Waals surface area contributed by atoms with Crippen LogP contribution in [0, 0.1) is 9.49 Å². The van der Waals surface area contributed by atoms with Gasteiger partial charge in [-0.25, -0.2) is 0 Å². The van der Waals surface area contributed by atoms with Crippen LogP contribution in [0.25, 0.3) is 0 Å². The van der Waals surface area contributed by atoms with E-state index < -0.39 is 0 Å². The van der Waals surface area contributed by atoms with Gasteiger partial charge in [-0.05, 0) is 84.6 Å². The molecular weight excluding hydrogens is 543 g/mol. The minimum absolute atomic E-state index is 0.0410. The highest BCUT2D eigenvalue weighted by atomic mass is 127. The van der Waals surface area contributed by atoms with Crippen molar-refractivity contribution in [3.63, 3.8) is 0 Å². The van der Waals surface area contributed by atoms with Crippen LogP contribution in [0.5, 0.6) is 0 Å². The van der Waals surface area contributed by atoms with E-state index >= 15 is 0 Å². The molecule has 3 atom stereocenters. The molecule has 0 aliphatic carbocycles. The number of likely N-dealkylation sites (tertiary alicyclic amines) is 1. The maximum Gasteiger partial charge on any atom is 0.302 e. The molecule has 0 bridgehead atoms. The summed E-state index contributed by atoms with van der Waals surface area (Å²) in [6.45, 7) is 5.02. The highest BCUT2D eigenvalue weighted by molar-refractivity contribution is 14.1. The minimum atomic E-state index is -0.291. The summed E-state index contributed by atoms with van der Waals surface area (Å²) >= 11 is 2.33. The van der Waals surface area contributed by atoms with Crippen molar-refractivity contribution in [2.75, 3.05) is 18.1 Å². The van der Waals surface area contributed by atoms with Gasteiger partial charge in [0.15, 0.2) is 0 Å². The van der Waals surface area contributed by atoms with E-state index in [0.717, 1.165) is 35.2 Å². The average molecular weight is 574 g/mol. The van der Waals surface area contributed by atoms with Crippen LogP contribution in [0.3, 0.4) is 0 Å². The standard InChI is InChI=1S/C27H31IN2O4/c1-18(31)15-26(33)30-24(9-6-14-34-19(2)32)22-12-13-29(17-20-7-4-3-5-8-20)27(22)23-16-21(28)10-11-25(23)30/h3-5,7-8,10-11,16,22,24,27H,6,9,12-15,17H2,1-2H3/t22-,24-,27-/m0/s1. The summed E-state index contributed by atoms with van der Waals surface area (Å²) in [5, 5.41) is 0. The molecule has 0 radical (unpaired) electrons. The van der Waals surface area contributed by atoms with Crippen molar-refractivity contribution in [2.24, 2.45) is 5.92 Å². The Labute approximate surface area is 214 Å². The molecule has 6 nitrogen and oxygen atoms in total. The van der Waals surface area contributed by atoms with Gasteiger partial charge in [0.1, 0.15) is 5.78 Å². The number of nitrogens with zero attached hydrogens (tertiary/aromatic N) is 2. The highest BCUT2D eigenvalue weighted by Gasteiger charge is 2.48. The Balaban J connectivity index is 1.70. The number of carbonyl (C=O) groups is 3. The molecule has 0 spiro atoms. The lowest BCUT2D eigenvalue weighted by Crippen LogP contribution is -2.51. The predicted octanol–water partition coefficient (Wildman–Crippen LogP) is 4.89. The quantitative estimate of drug-likeness (QED) is 0.195. The number of halogens is 1. The lowest BCUT2D eigenvalue weighted by Gasteiger charge is -2.46. The number of amides is 1. The van der Waals surface area contributed by atoms with Crippen LogP contribution in [0.15, 0.2) is 48.5 Å². The van der Waals surface area contributed by atoms with Crippen molar-refractivity contribution in [2.45, 2.75) is 58.2 Å². The van der Waals surface area contributed by atoms with Crippen LogP contribution in [0.4, 0.5) is 5.69 Å². The molecule has 2 aliphatic rings. The number of anilines is 1. The summed E-state index contributed by atoms with van der Waals surface area (Å²) in [6.07, 6.45) is 2.28. The van der Waals surface area contributed by atoms with Crippen molar-refractivity contribution >= 4 is 45.9 Å². The topological polar surface area (TPSA) is 66.9 Å². The minimum Gasteiger partial charge on any atom is -0.466 e. The van der Waals surface area contributed by atoms with E-state index in [1.165, 1.54) is 25.0 Å². The fraction of sp³-hybridized carbons (Fsp3) is 0.444. The number of hydrogen-bond donors (Lipinski definition) is 0. The van der Waals surface area contributed by atoms with E-state index in [-0.39, 0.29) is 42.1 Å². The van der Waals surface area contributed by atoms with Crippen molar-refractivity contribution in [3.8, 4) is 0 Å². The van der Waals surface area contributed by atoms with E-state index in [1.54, 1.807) is 0 Å². The van der Waals surface area contributed by atoms with Gasteiger partial charge >= 0.3 is 5.97 Å². The van der Waals surface area contributed by atoms with E-state index in [2.05, 4.69) is 57.8 Å². The fourth-order valence-corrected chi connectivity index (χ4v) is 6.04. The van der Waals surface area contributed by atoms with Gasteiger partial charge in [0.2, 0.25) is 5.91 Å². The molecule has 2 aromatic rings. The number of Topliss-reactive ketones (excluding diaryl/α,β-unsaturated/α-hetero) is 1. The van der Waals surface area contributed by atoms with Crippen LogP contribution in [0.2, 0.25) is 0 Å². The van der Waals surface area contributed by atoms with Gasteiger partial charge in [0.05, 0.1) is 13.0 Å². The number of ketones is 1. The van der Waals surface area contributed by atoms with Crippen molar-refractivity contribution in [3.05, 3.63) is 63.2 Å². The Kier molecular flexibility index (Phi) is 8.03. The molecule has 180 valence electrons. The van der Waals surface area contributed by atoms with Crippen LogP contribution in [-0.2, 0) is 25.7 Å². The summed E-state index contributed by atoms with van der Waals surface area (Å²) in [4.78, 5) is 40.9. The first kappa shape index (κ1) is 24.9. The Hall–Kier alpha value is -2.26. The fourth-order valence-electron chi connectivity index (χ4n) is 5.53. The van der Waals surface area contributed by atoms with Crippen LogP contribution in [0.1, 0.15) is 56.7 Å². The number of rotatable bonds is 8. The summed E-state index contributed by atoms with van der Waals surface area (Å²) < 4.78 is 6.32. The second-order valence-corrected chi connectivity index (χ2v) is 10.5. The first-order valence-electron chi connectivity index (χ1n) is 11.9. The number of ether oxygens (including phenoxy) is 1. The molecule has 1 saturated heterocycles. The Morgan fingerprint density at radius 3 is 2.56 bits per heavy atom. The number of carbonyl (C=O) groups excluding carboxylic acids is 3. The van der Waals surface area contributed by atoms with Gasteiger partial charge in [-0.1, -0.05) is 30.3 Å². The number of fused-ring (bicyclic) bond motifs is 3. The zero-order valence-corrected chi connectivity index (χ0v) is 21.9. The summed E-state index contributed by atoms with van der Waals surface area (Å²) in [5.74, 6) is -0.314. The van der Waals surface area contributed by atoms with E-state index in [1.807, 2.05) is 23.1 Å². The van der Waals surface area contributed by atoms with Crippen LogP contribution >= 0.6 is 22.6 Å². The molecule has 7 heteroatoms. The van der Waals surface area contributed by atoms with Gasteiger partial charge in [-0.3, -0.25) is 19.3 Å².